The summed E-state index contributed by atoms with van der Waals surface area (Å²) in [6.07, 6.45) is -3.67. The minimum absolute atomic E-state index is 0.357. The minimum atomic E-state index is -1.42. The van der Waals surface area contributed by atoms with E-state index in [9.17, 15) is 15.0 Å². The van der Waals surface area contributed by atoms with Crippen LogP contribution in [0, 0.1) is 0 Å². The molecule has 11 heteroatoms. The van der Waals surface area contributed by atoms with Crippen molar-refractivity contribution in [3.05, 3.63) is 66.5 Å². The van der Waals surface area contributed by atoms with Crippen LogP contribution in [0.15, 0.2) is 60.9 Å². The molecular weight excluding hydrogens is 464 g/mol. The van der Waals surface area contributed by atoms with Crippen LogP contribution in [0.5, 0.6) is 5.75 Å². The monoisotopic (exact) mass is 490 g/mol. The number of benzene rings is 2. The van der Waals surface area contributed by atoms with Gasteiger partial charge < -0.3 is 30.3 Å². The van der Waals surface area contributed by atoms with Crippen LogP contribution in [-0.4, -0.2) is 68.1 Å². The van der Waals surface area contributed by atoms with Crippen molar-refractivity contribution in [2.45, 2.75) is 31.1 Å². The number of likely N-dealkylation sites (N-methyl/N-ethyl adjacent to an activating group) is 1. The maximum Gasteiger partial charge on any atom is 0.251 e. The molecule has 5 rings (SSSR count). The van der Waals surface area contributed by atoms with E-state index in [4.69, 9.17) is 19.4 Å². The normalized spacial score (nSPS) is 21.4. The van der Waals surface area contributed by atoms with E-state index in [-0.39, 0.29) is 0 Å². The van der Waals surface area contributed by atoms with Crippen LogP contribution in [0.2, 0.25) is 0 Å². The van der Waals surface area contributed by atoms with E-state index < -0.39 is 30.4 Å². The number of para-hydroxylation sites is 1. The van der Waals surface area contributed by atoms with Crippen LogP contribution in [-0.2, 0) is 16.1 Å². The van der Waals surface area contributed by atoms with Crippen molar-refractivity contribution < 1.29 is 24.5 Å². The zero-order valence-corrected chi connectivity index (χ0v) is 19.7. The van der Waals surface area contributed by atoms with Gasteiger partial charge in [-0.1, -0.05) is 42.5 Å². The number of amides is 1. The Morgan fingerprint density at radius 2 is 1.83 bits per heavy atom. The molecule has 1 saturated heterocycles. The van der Waals surface area contributed by atoms with Gasteiger partial charge in [0.05, 0.1) is 19.0 Å². The number of aliphatic hydroxyl groups excluding tert-OH is 2. The summed E-state index contributed by atoms with van der Waals surface area (Å²) in [7, 11) is 3.00. The molecule has 1 amide bonds. The zero-order valence-electron chi connectivity index (χ0n) is 19.7. The van der Waals surface area contributed by atoms with Gasteiger partial charge in [0.15, 0.2) is 35.1 Å². The van der Waals surface area contributed by atoms with Gasteiger partial charge in [0, 0.05) is 13.6 Å². The molecular formula is C25H26N6O5. The van der Waals surface area contributed by atoms with Crippen LogP contribution in [0.1, 0.15) is 11.8 Å². The fourth-order valence-corrected chi connectivity index (χ4v) is 4.21. The van der Waals surface area contributed by atoms with Crippen LogP contribution >= 0.6 is 0 Å². The number of imidazole rings is 1. The Kier molecular flexibility index (Phi) is 6.51. The molecule has 2 aromatic heterocycles. The molecule has 0 aliphatic carbocycles. The Bertz CT molecular complexity index is 1380. The summed E-state index contributed by atoms with van der Waals surface area (Å²) in [5.41, 5.74) is 2.51. The van der Waals surface area contributed by atoms with Crippen molar-refractivity contribution in [1.82, 2.24) is 24.8 Å². The van der Waals surface area contributed by atoms with Gasteiger partial charge in [-0.2, -0.15) is 0 Å². The molecule has 186 valence electrons. The molecule has 2 aromatic carbocycles. The average molecular weight is 491 g/mol. The Labute approximate surface area is 206 Å². The number of carbonyl (C=O) groups excluding carboxylic acids is 1. The summed E-state index contributed by atoms with van der Waals surface area (Å²) in [5, 5.41) is 26.9. The molecule has 4 N–H and O–H groups in total. The Morgan fingerprint density at radius 3 is 2.58 bits per heavy atom. The van der Waals surface area contributed by atoms with E-state index in [1.165, 1.54) is 17.9 Å². The first-order chi connectivity index (χ1) is 17.5. The van der Waals surface area contributed by atoms with Gasteiger partial charge in [-0.25, -0.2) is 15.0 Å². The maximum atomic E-state index is 12.2. The lowest BCUT2D eigenvalue weighted by atomic mass is 10.1. The van der Waals surface area contributed by atoms with Crippen molar-refractivity contribution in [3.8, 4) is 17.1 Å². The number of ether oxygens (including phenoxy) is 2. The van der Waals surface area contributed by atoms with Gasteiger partial charge in [0.25, 0.3) is 5.91 Å². The standard InChI is InChI=1S/C25H26N6O5/c1-26-24(34)20-18(32)19(33)25(36-20)31-13-28-17-22(27-12-14-8-4-3-5-9-14)29-21(30-23(17)31)15-10-6-7-11-16(15)35-2/h3-11,13,18-20,25,32-33H,12H2,1-2H3,(H,26,34)(H,27,29,30)/t18-,19+,20-,25+/m0/s1. The maximum absolute atomic E-state index is 12.2. The molecule has 4 aromatic rings. The molecule has 1 fully saturated rings. The molecule has 0 spiro atoms. The smallest absolute Gasteiger partial charge is 0.251 e. The van der Waals surface area contributed by atoms with Gasteiger partial charge in [-0.05, 0) is 17.7 Å². The number of anilines is 1. The highest BCUT2D eigenvalue weighted by Gasteiger charge is 2.47. The lowest BCUT2D eigenvalue weighted by Crippen LogP contribution is -2.41. The van der Waals surface area contributed by atoms with Crippen molar-refractivity contribution >= 4 is 22.9 Å². The second-order valence-corrected chi connectivity index (χ2v) is 8.30. The largest absolute Gasteiger partial charge is 0.496 e. The minimum Gasteiger partial charge on any atom is -0.496 e. The summed E-state index contributed by atoms with van der Waals surface area (Å²) in [6.45, 7) is 0.491. The number of hydrogen-bond acceptors (Lipinski definition) is 9. The molecule has 1 aliphatic heterocycles. The van der Waals surface area contributed by atoms with Gasteiger partial charge in [-0.3, -0.25) is 9.36 Å². The van der Waals surface area contributed by atoms with Crippen LogP contribution in [0.4, 0.5) is 5.82 Å². The molecule has 0 bridgehead atoms. The van der Waals surface area contributed by atoms with E-state index in [1.807, 2.05) is 54.6 Å². The van der Waals surface area contributed by atoms with Gasteiger partial charge in [0.2, 0.25) is 0 Å². The Hall–Kier alpha value is -4.06. The quantitative estimate of drug-likeness (QED) is 0.303. The SMILES string of the molecule is CNC(=O)[C@H]1O[C@@H](n2cnc3c(NCc4ccccc4)nc(-c4ccccc4OC)nc32)[C@H](O)[C@@H]1O. The Balaban J connectivity index is 1.61. The number of methoxy groups -OCH3 is 1. The first-order valence-corrected chi connectivity index (χ1v) is 11.4. The molecule has 0 unspecified atom stereocenters. The number of nitrogens with one attached hydrogen (secondary N) is 2. The van der Waals surface area contributed by atoms with Crippen molar-refractivity contribution in [2.24, 2.45) is 0 Å². The third-order valence-electron chi connectivity index (χ3n) is 6.09. The molecule has 36 heavy (non-hydrogen) atoms. The average Bonchev–Trinajstić information content (AvgIpc) is 3.47. The number of aromatic nitrogens is 4. The number of aliphatic hydroxyl groups is 2. The van der Waals surface area contributed by atoms with Gasteiger partial charge in [0.1, 0.15) is 18.0 Å². The predicted molar refractivity (Wildman–Crippen MR) is 131 cm³/mol. The summed E-state index contributed by atoms with van der Waals surface area (Å²) < 4.78 is 12.8. The van der Waals surface area contributed by atoms with E-state index >= 15 is 0 Å². The van der Waals surface area contributed by atoms with E-state index in [2.05, 4.69) is 15.6 Å². The molecule has 4 atom stereocenters. The van der Waals surface area contributed by atoms with Gasteiger partial charge in [-0.15, -0.1) is 0 Å². The molecule has 0 radical (unpaired) electrons. The second kappa shape index (κ2) is 9.90. The number of nitrogens with zero attached hydrogens (tertiary/aromatic N) is 4. The lowest BCUT2D eigenvalue weighted by molar-refractivity contribution is -0.137. The lowest BCUT2D eigenvalue weighted by Gasteiger charge is -2.17. The highest BCUT2D eigenvalue weighted by atomic mass is 16.6. The number of fused-ring (bicyclic) bond motifs is 1. The van der Waals surface area contributed by atoms with Crippen LogP contribution in [0.25, 0.3) is 22.6 Å². The summed E-state index contributed by atoms with van der Waals surface area (Å²) >= 11 is 0. The number of rotatable bonds is 7. The van der Waals surface area contributed by atoms with E-state index in [0.717, 1.165) is 5.56 Å². The molecule has 0 saturated carbocycles. The van der Waals surface area contributed by atoms with Gasteiger partial charge >= 0.3 is 0 Å². The first kappa shape index (κ1) is 23.7. The van der Waals surface area contributed by atoms with Crippen LogP contribution < -0.4 is 15.4 Å². The summed E-state index contributed by atoms with van der Waals surface area (Å²) in [5.74, 6) is 0.889. The van der Waals surface area contributed by atoms with Crippen LogP contribution in [0.3, 0.4) is 0 Å². The zero-order chi connectivity index (χ0) is 25.2. The van der Waals surface area contributed by atoms with E-state index in [0.29, 0.717) is 40.7 Å². The summed E-state index contributed by atoms with van der Waals surface area (Å²) in [4.78, 5) is 26.1. The third kappa shape index (κ3) is 4.24. The fourth-order valence-electron chi connectivity index (χ4n) is 4.21. The van der Waals surface area contributed by atoms with E-state index in [1.54, 1.807) is 7.11 Å². The predicted octanol–water partition coefficient (Wildman–Crippen LogP) is 1.48. The molecule has 3 heterocycles. The topological polar surface area (TPSA) is 144 Å². The first-order valence-electron chi connectivity index (χ1n) is 11.4. The summed E-state index contributed by atoms with van der Waals surface area (Å²) in [6, 6.07) is 17.2. The highest BCUT2D eigenvalue weighted by molar-refractivity contribution is 5.86. The second-order valence-electron chi connectivity index (χ2n) is 8.30. The fraction of sp³-hybridized carbons (Fsp3) is 0.280. The molecule has 11 nitrogen and oxygen atoms in total. The number of hydrogen-bond donors (Lipinski definition) is 4. The Morgan fingerprint density at radius 1 is 1.08 bits per heavy atom. The molecule has 1 aliphatic rings. The highest BCUT2D eigenvalue weighted by Crippen LogP contribution is 2.35. The van der Waals surface area contributed by atoms with Crippen molar-refractivity contribution in [1.29, 1.82) is 0 Å². The third-order valence-corrected chi connectivity index (χ3v) is 6.09. The number of carbonyl (C=O) groups is 1. The van der Waals surface area contributed by atoms with Crippen molar-refractivity contribution in [3.63, 3.8) is 0 Å². The van der Waals surface area contributed by atoms with Crippen molar-refractivity contribution in [2.75, 3.05) is 19.5 Å².